The number of nitriles is 3. The van der Waals surface area contributed by atoms with Crippen LogP contribution in [0.4, 0.5) is 5.69 Å². The predicted molar refractivity (Wildman–Crippen MR) is 101 cm³/mol. The predicted octanol–water partition coefficient (Wildman–Crippen LogP) is 3.65. The van der Waals surface area contributed by atoms with Gasteiger partial charge < -0.3 is 4.98 Å². The first-order valence-electron chi connectivity index (χ1n) is 7.93. The zero-order chi connectivity index (χ0) is 20.1. The van der Waals surface area contributed by atoms with E-state index in [4.69, 9.17) is 10.5 Å². The normalized spacial score (nSPS) is 13.3. The number of aromatic nitrogens is 1. The van der Waals surface area contributed by atoms with Crippen LogP contribution in [-0.2, 0) is 0 Å². The molecule has 132 valence electrons. The Morgan fingerprint density at radius 3 is 2.36 bits per heavy atom. The third kappa shape index (κ3) is 3.20. The van der Waals surface area contributed by atoms with Gasteiger partial charge in [0, 0.05) is 23.5 Å². The monoisotopic (exact) mass is 366 g/mol. The number of nitrogens with one attached hydrogen (secondary N) is 1. The van der Waals surface area contributed by atoms with Crippen molar-refractivity contribution < 1.29 is 4.92 Å². The third-order valence-electron chi connectivity index (χ3n) is 3.99. The molecule has 8 heteroatoms. The van der Waals surface area contributed by atoms with E-state index in [-0.39, 0.29) is 22.5 Å². The maximum Gasteiger partial charge on any atom is 0.277 e. The summed E-state index contributed by atoms with van der Waals surface area (Å²) in [7, 11) is 0. The van der Waals surface area contributed by atoms with E-state index in [1.807, 2.05) is 6.07 Å². The largest absolute Gasteiger partial charge is 0.354 e. The highest BCUT2D eigenvalue weighted by molar-refractivity contribution is 5.91. The number of nitro groups is 1. The molecule has 2 heterocycles. The lowest BCUT2D eigenvalue weighted by atomic mass is 9.99. The average Bonchev–Trinajstić information content (AvgIpc) is 3.39. The van der Waals surface area contributed by atoms with Crippen LogP contribution >= 0.6 is 0 Å². The molecule has 0 radical (unpaired) electrons. The highest BCUT2D eigenvalue weighted by Crippen LogP contribution is 2.35. The van der Waals surface area contributed by atoms with Gasteiger partial charge in [-0.2, -0.15) is 15.8 Å². The lowest BCUT2D eigenvalue weighted by Crippen LogP contribution is -1.98. The Morgan fingerprint density at radius 1 is 1.04 bits per heavy atom. The number of aromatic amines is 1. The molecule has 0 aliphatic carbocycles. The highest BCUT2D eigenvalue weighted by atomic mass is 16.6. The number of nitrogens with zero attached hydrogens (tertiary/aromatic N) is 5. The summed E-state index contributed by atoms with van der Waals surface area (Å²) in [5.74, 6) is 0. The molecule has 1 aromatic carbocycles. The van der Waals surface area contributed by atoms with Gasteiger partial charge in [-0.25, -0.2) is 0 Å². The van der Waals surface area contributed by atoms with E-state index in [0.717, 1.165) is 0 Å². The van der Waals surface area contributed by atoms with Crippen LogP contribution in [0.25, 0.3) is 11.1 Å². The maximum absolute atomic E-state index is 11.5. The summed E-state index contributed by atoms with van der Waals surface area (Å²) in [6.07, 6.45) is 4.99. The summed E-state index contributed by atoms with van der Waals surface area (Å²) < 4.78 is 0. The van der Waals surface area contributed by atoms with Crippen LogP contribution in [0.5, 0.6) is 0 Å². The van der Waals surface area contributed by atoms with Crippen LogP contribution in [0.15, 0.2) is 64.8 Å². The number of hydrogen-bond acceptors (Lipinski definition) is 6. The minimum atomic E-state index is -0.480. The molecule has 0 atom stereocenters. The lowest BCUT2D eigenvalue weighted by Gasteiger charge is -2.09. The molecular formula is C20H10N6O2. The van der Waals surface area contributed by atoms with Crippen LogP contribution in [-0.4, -0.2) is 16.1 Å². The van der Waals surface area contributed by atoms with Gasteiger partial charge in [-0.1, -0.05) is 12.1 Å². The van der Waals surface area contributed by atoms with Gasteiger partial charge >= 0.3 is 0 Å². The number of nitro benzene ring substituents is 1. The van der Waals surface area contributed by atoms with Gasteiger partial charge in [-0.15, -0.1) is 0 Å². The molecule has 3 rings (SSSR count). The number of hydrogen-bond donors (Lipinski definition) is 1. The molecule has 8 nitrogen and oxygen atoms in total. The molecule has 0 fully saturated rings. The van der Waals surface area contributed by atoms with Crippen molar-refractivity contribution in [3.63, 3.8) is 0 Å². The SMILES string of the molecule is N#CC(C#N)=C(C#N)c1ccc(/C(=C2\C=CC=N2)c2ccccc2[N+](=O)[O-])[nH]1. The lowest BCUT2D eigenvalue weighted by molar-refractivity contribution is -0.385. The third-order valence-corrected chi connectivity index (χ3v) is 3.99. The number of H-pyrrole nitrogens is 1. The van der Waals surface area contributed by atoms with Gasteiger partial charge in [0.25, 0.3) is 5.69 Å². The van der Waals surface area contributed by atoms with Crippen LogP contribution in [0, 0.1) is 44.1 Å². The van der Waals surface area contributed by atoms with Crippen molar-refractivity contribution in [3.05, 3.63) is 86.9 Å². The Bertz CT molecular complexity index is 1190. The van der Waals surface area contributed by atoms with Gasteiger partial charge in [0.1, 0.15) is 29.4 Å². The second-order valence-corrected chi connectivity index (χ2v) is 5.54. The maximum atomic E-state index is 11.5. The standard InChI is InChI=1S/C20H10N6O2/c21-10-13(11-22)15(12-23)16-7-8-18(25-16)20(17-5-3-9-24-17)14-4-1-2-6-19(14)26(27)28/h1-9,25H/b20-17+. The second-order valence-electron chi connectivity index (χ2n) is 5.54. The van der Waals surface area contributed by atoms with Crippen molar-refractivity contribution in [2.24, 2.45) is 4.99 Å². The molecule has 0 amide bonds. The number of rotatable bonds is 4. The fourth-order valence-corrected chi connectivity index (χ4v) is 2.79. The van der Waals surface area contributed by atoms with E-state index in [1.54, 1.807) is 60.8 Å². The second kappa shape index (κ2) is 7.65. The summed E-state index contributed by atoms with van der Waals surface area (Å²) in [6, 6.07) is 14.7. The van der Waals surface area contributed by atoms with E-state index in [2.05, 4.69) is 9.98 Å². The van der Waals surface area contributed by atoms with Gasteiger partial charge in [-0.3, -0.25) is 15.1 Å². The number of allylic oxidation sites excluding steroid dienone is 4. The first-order chi connectivity index (χ1) is 13.6. The Balaban J connectivity index is 2.25. The summed E-state index contributed by atoms with van der Waals surface area (Å²) in [4.78, 5) is 18.2. The van der Waals surface area contributed by atoms with Crippen molar-refractivity contribution in [1.29, 1.82) is 15.8 Å². The Kier molecular flexibility index (Phi) is 4.94. The van der Waals surface area contributed by atoms with Crippen molar-refractivity contribution in [2.75, 3.05) is 0 Å². The van der Waals surface area contributed by atoms with E-state index < -0.39 is 4.92 Å². The molecule has 0 unspecified atom stereocenters. The van der Waals surface area contributed by atoms with Crippen molar-refractivity contribution in [2.45, 2.75) is 0 Å². The Morgan fingerprint density at radius 2 is 1.75 bits per heavy atom. The van der Waals surface area contributed by atoms with Crippen LogP contribution < -0.4 is 0 Å². The van der Waals surface area contributed by atoms with Gasteiger partial charge in [0.2, 0.25) is 0 Å². The van der Waals surface area contributed by atoms with E-state index in [1.165, 1.54) is 6.07 Å². The molecule has 0 saturated carbocycles. The summed E-state index contributed by atoms with van der Waals surface area (Å²) in [5, 5.41) is 38.9. The topological polar surface area (TPSA) is 143 Å². The molecular weight excluding hydrogens is 356 g/mol. The first-order valence-corrected chi connectivity index (χ1v) is 7.93. The molecule has 0 spiro atoms. The fourth-order valence-electron chi connectivity index (χ4n) is 2.79. The van der Waals surface area contributed by atoms with E-state index in [0.29, 0.717) is 22.5 Å². The first kappa shape index (κ1) is 18.1. The average molecular weight is 366 g/mol. The van der Waals surface area contributed by atoms with E-state index in [9.17, 15) is 15.4 Å². The van der Waals surface area contributed by atoms with Crippen molar-refractivity contribution >= 4 is 23.0 Å². The molecule has 1 aliphatic heterocycles. The number of benzene rings is 1. The number of aliphatic imine (C=N–C) groups is 1. The fraction of sp³-hybridized carbons (Fsp3) is 0. The van der Waals surface area contributed by atoms with E-state index >= 15 is 0 Å². The molecule has 2 aromatic rings. The smallest absolute Gasteiger partial charge is 0.277 e. The zero-order valence-corrected chi connectivity index (χ0v) is 14.2. The summed E-state index contributed by atoms with van der Waals surface area (Å²) in [5.41, 5.74) is 1.53. The Hall–Kier alpha value is -4.74. The molecule has 1 aromatic heterocycles. The van der Waals surface area contributed by atoms with Crippen molar-refractivity contribution in [3.8, 4) is 18.2 Å². The highest BCUT2D eigenvalue weighted by Gasteiger charge is 2.23. The van der Waals surface area contributed by atoms with Crippen LogP contribution in [0.3, 0.4) is 0 Å². The minimum absolute atomic E-state index is 0.0950. The summed E-state index contributed by atoms with van der Waals surface area (Å²) in [6.45, 7) is 0. The molecule has 1 N–H and O–H groups in total. The van der Waals surface area contributed by atoms with Gasteiger partial charge in [0.15, 0.2) is 0 Å². The van der Waals surface area contributed by atoms with Crippen LogP contribution in [0.1, 0.15) is 17.0 Å². The molecule has 1 aliphatic rings. The summed E-state index contributed by atoms with van der Waals surface area (Å²) >= 11 is 0. The van der Waals surface area contributed by atoms with Crippen molar-refractivity contribution in [1.82, 2.24) is 4.98 Å². The molecule has 28 heavy (non-hydrogen) atoms. The number of para-hydroxylation sites is 1. The van der Waals surface area contributed by atoms with Gasteiger partial charge in [0.05, 0.1) is 21.9 Å². The quantitative estimate of drug-likeness (QED) is 0.499. The van der Waals surface area contributed by atoms with Gasteiger partial charge in [-0.05, 0) is 30.4 Å². The molecule has 0 saturated heterocycles. The Labute approximate surface area is 159 Å². The molecule has 0 bridgehead atoms. The minimum Gasteiger partial charge on any atom is -0.354 e. The zero-order valence-electron chi connectivity index (χ0n) is 14.2. The van der Waals surface area contributed by atoms with Crippen LogP contribution in [0.2, 0.25) is 0 Å².